The maximum atomic E-state index is 13.7. The number of hydrogen-bond acceptors (Lipinski definition) is 3. The molecule has 2 aromatic rings. The van der Waals surface area contributed by atoms with Gasteiger partial charge < -0.3 is 11.1 Å². The van der Waals surface area contributed by atoms with E-state index in [1.165, 1.54) is 6.07 Å². The van der Waals surface area contributed by atoms with Crippen LogP contribution in [-0.2, 0) is 0 Å². The van der Waals surface area contributed by atoms with Crippen molar-refractivity contribution in [2.75, 3.05) is 5.32 Å². The normalized spacial score (nSPS) is 12.1. The first-order valence-corrected chi connectivity index (χ1v) is 6.81. The van der Waals surface area contributed by atoms with E-state index in [-0.39, 0.29) is 16.6 Å². The van der Waals surface area contributed by atoms with Gasteiger partial charge in [0.1, 0.15) is 10.8 Å². The Morgan fingerprint density at radius 1 is 1.44 bits per heavy atom. The number of nitrogens with one attached hydrogen (secondary N) is 1. The number of halogens is 1. The molecule has 0 aliphatic carbocycles. The molecular weight excluding hydrogens is 267 g/mol. The minimum atomic E-state index is -0.398. The lowest BCUT2D eigenvalue weighted by Crippen LogP contribution is -2.16. The zero-order valence-corrected chi connectivity index (χ0v) is 11.4. The molecule has 0 amide bonds. The van der Waals surface area contributed by atoms with E-state index in [1.807, 2.05) is 18.4 Å². The zero-order valence-electron chi connectivity index (χ0n) is 9.81. The van der Waals surface area contributed by atoms with Crippen molar-refractivity contribution in [2.24, 2.45) is 5.73 Å². The number of thiocarbonyl (C=S) groups is 1. The Balaban J connectivity index is 2.29. The molecule has 0 bridgehead atoms. The van der Waals surface area contributed by atoms with Crippen molar-refractivity contribution < 1.29 is 4.39 Å². The van der Waals surface area contributed by atoms with Crippen LogP contribution in [0.15, 0.2) is 35.0 Å². The van der Waals surface area contributed by atoms with Crippen molar-refractivity contribution in [3.63, 3.8) is 0 Å². The summed E-state index contributed by atoms with van der Waals surface area (Å²) in [6, 6.07) is 6.88. The van der Waals surface area contributed by atoms with Gasteiger partial charge in [0.2, 0.25) is 0 Å². The van der Waals surface area contributed by atoms with Gasteiger partial charge in [-0.3, -0.25) is 0 Å². The van der Waals surface area contributed by atoms with Gasteiger partial charge in [0, 0.05) is 11.7 Å². The Bertz CT molecular complexity index is 552. The van der Waals surface area contributed by atoms with Crippen LogP contribution in [0.1, 0.15) is 24.1 Å². The minimum Gasteiger partial charge on any atom is -0.389 e. The van der Waals surface area contributed by atoms with Crippen LogP contribution in [0.25, 0.3) is 0 Å². The van der Waals surface area contributed by atoms with Gasteiger partial charge in [-0.2, -0.15) is 11.3 Å². The molecule has 0 radical (unpaired) electrons. The maximum Gasteiger partial charge on any atom is 0.135 e. The monoisotopic (exact) mass is 280 g/mol. The van der Waals surface area contributed by atoms with Gasteiger partial charge in [0.25, 0.3) is 0 Å². The zero-order chi connectivity index (χ0) is 13.1. The topological polar surface area (TPSA) is 38.0 Å². The molecular formula is C13H13FN2S2. The molecule has 0 saturated carbocycles. The lowest BCUT2D eigenvalue weighted by molar-refractivity contribution is 0.625. The Morgan fingerprint density at radius 2 is 2.22 bits per heavy atom. The second-order valence-electron chi connectivity index (χ2n) is 3.95. The van der Waals surface area contributed by atoms with Gasteiger partial charge in [-0.05, 0) is 41.4 Å². The first kappa shape index (κ1) is 13.0. The lowest BCUT2D eigenvalue weighted by atomic mass is 10.1. The summed E-state index contributed by atoms with van der Waals surface area (Å²) in [5.74, 6) is -0.398. The number of rotatable bonds is 4. The highest BCUT2D eigenvalue weighted by molar-refractivity contribution is 7.80. The molecule has 2 rings (SSSR count). The SMILES string of the molecule is CC(Nc1cccc(F)c1C(N)=S)c1ccsc1. The first-order chi connectivity index (χ1) is 8.59. The average Bonchev–Trinajstić information content (AvgIpc) is 2.81. The molecule has 0 aliphatic rings. The van der Waals surface area contributed by atoms with E-state index in [2.05, 4.69) is 10.7 Å². The van der Waals surface area contributed by atoms with Crippen molar-refractivity contribution in [3.8, 4) is 0 Å². The summed E-state index contributed by atoms with van der Waals surface area (Å²) >= 11 is 6.52. The molecule has 1 heterocycles. The van der Waals surface area contributed by atoms with Gasteiger partial charge in [-0.1, -0.05) is 18.3 Å². The highest BCUT2D eigenvalue weighted by atomic mass is 32.1. The summed E-state index contributed by atoms with van der Waals surface area (Å²) in [5, 5.41) is 7.29. The Labute approximate surface area is 115 Å². The van der Waals surface area contributed by atoms with E-state index >= 15 is 0 Å². The fourth-order valence-electron chi connectivity index (χ4n) is 1.73. The van der Waals surface area contributed by atoms with E-state index in [9.17, 15) is 4.39 Å². The molecule has 94 valence electrons. The third-order valence-corrected chi connectivity index (χ3v) is 3.58. The van der Waals surface area contributed by atoms with Crippen LogP contribution in [0.5, 0.6) is 0 Å². The van der Waals surface area contributed by atoms with Crippen LogP contribution >= 0.6 is 23.6 Å². The van der Waals surface area contributed by atoms with Crippen molar-refractivity contribution >= 4 is 34.2 Å². The molecule has 0 fully saturated rings. The standard InChI is InChI=1S/C13H13FN2S2/c1-8(9-5-6-18-7-9)16-11-4-2-3-10(14)12(11)13(15)17/h2-8,16H,1H3,(H2,15,17). The molecule has 5 heteroatoms. The third kappa shape index (κ3) is 2.68. The van der Waals surface area contributed by atoms with Gasteiger partial charge in [0.05, 0.1) is 5.56 Å². The average molecular weight is 280 g/mol. The van der Waals surface area contributed by atoms with Gasteiger partial charge >= 0.3 is 0 Å². The Morgan fingerprint density at radius 3 is 2.83 bits per heavy atom. The summed E-state index contributed by atoms with van der Waals surface area (Å²) in [6.45, 7) is 2.01. The second kappa shape index (κ2) is 5.46. The molecule has 2 nitrogen and oxygen atoms in total. The predicted octanol–water partition coefficient (Wildman–Crippen LogP) is 3.69. The van der Waals surface area contributed by atoms with Crippen LogP contribution in [0, 0.1) is 5.82 Å². The van der Waals surface area contributed by atoms with E-state index in [4.69, 9.17) is 18.0 Å². The van der Waals surface area contributed by atoms with Crippen molar-refractivity contribution in [2.45, 2.75) is 13.0 Å². The predicted molar refractivity (Wildman–Crippen MR) is 78.6 cm³/mol. The Kier molecular flexibility index (Phi) is 3.93. The summed E-state index contributed by atoms with van der Waals surface area (Å²) in [6.07, 6.45) is 0. The molecule has 0 aliphatic heterocycles. The van der Waals surface area contributed by atoms with Crippen LogP contribution in [0.4, 0.5) is 10.1 Å². The first-order valence-electron chi connectivity index (χ1n) is 5.46. The lowest BCUT2D eigenvalue weighted by Gasteiger charge is -2.17. The Hall–Kier alpha value is -1.46. The van der Waals surface area contributed by atoms with Crippen LogP contribution < -0.4 is 11.1 Å². The van der Waals surface area contributed by atoms with E-state index < -0.39 is 5.82 Å². The van der Waals surface area contributed by atoms with Gasteiger partial charge in [-0.25, -0.2) is 4.39 Å². The number of benzene rings is 1. The van der Waals surface area contributed by atoms with Gasteiger partial charge in [0.15, 0.2) is 0 Å². The van der Waals surface area contributed by atoms with Crippen LogP contribution in [0.3, 0.4) is 0 Å². The largest absolute Gasteiger partial charge is 0.389 e. The molecule has 1 atom stereocenters. The molecule has 1 aromatic heterocycles. The molecule has 0 spiro atoms. The minimum absolute atomic E-state index is 0.0631. The smallest absolute Gasteiger partial charge is 0.135 e. The van der Waals surface area contributed by atoms with Crippen LogP contribution in [0.2, 0.25) is 0 Å². The highest BCUT2D eigenvalue weighted by Crippen LogP contribution is 2.25. The fraction of sp³-hybridized carbons (Fsp3) is 0.154. The molecule has 1 aromatic carbocycles. The fourth-order valence-corrected chi connectivity index (χ4v) is 2.69. The van der Waals surface area contributed by atoms with E-state index in [0.717, 1.165) is 5.56 Å². The van der Waals surface area contributed by atoms with Crippen LogP contribution in [-0.4, -0.2) is 4.99 Å². The molecule has 18 heavy (non-hydrogen) atoms. The van der Waals surface area contributed by atoms with E-state index in [1.54, 1.807) is 23.5 Å². The van der Waals surface area contributed by atoms with Gasteiger partial charge in [-0.15, -0.1) is 0 Å². The molecule has 0 saturated heterocycles. The summed E-state index contributed by atoms with van der Waals surface area (Å²) in [7, 11) is 0. The molecule has 1 unspecified atom stereocenters. The van der Waals surface area contributed by atoms with E-state index in [0.29, 0.717) is 5.69 Å². The maximum absolute atomic E-state index is 13.7. The van der Waals surface area contributed by atoms with Crippen molar-refractivity contribution in [1.29, 1.82) is 0 Å². The summed E-state index contributed by atoms with van der Waals surface area (Å²) < 4.78 is 13.7. The number of hydrogen-bond donors (Lipinski definition) is 2. The number of anilines is 1. The summed E-state index contributed by atoms with van der Waals surface area (Å²) in [5.41, 5.74) is 7.61. The van der Waals surface area contributed by atoms with Crippen molar-refractivity contribution in [3.05, 3.63) is 52.0 Å². The van der Waals surface area contributed by atoms with Crippen molar-refractivity contribution in [1.82, 2.24) is 0 Å². The second-order valence-corrected chi connectivity index (χ2v) is 5.17. The summed E-state index contributed by atoms with van der Waals surface area (Å²) in [4.78, 5) is 0.0631. The quantitative estimate of drug-likeness (QED) is 0.839. The number of nitrogens with two attached hydrogens (primary N) is 1. The molecule has 3 N–H and O–H groups in total. The third-order valence-electron chi connectivity index (χ3n) is 2.68. The highest BCUT2D eigenvalue weighted by Gasteiger charge is 2.13. The number of thiophene rings is 1.